The molecule has 0 saturated carbocycles. The number of hydrogen-bond acceptors (Lipinski definition) is 7. The summed E-state index contributed by atoms with van der Waals surface area (Å²) in [6.07, 6.45) is 3.28. The van der Waals surface area contributed by atoms with Gasteiger partial charge in [0.25, 0.3) is 5.91 Å². The Kier molecular flexibility index (Phi) is 6.41. The summed E-state index contributed by atoms with van der Waals surface area (Å²) in [7, 11) is -0.727. The zero-order valence-electron chi connectivity index (χ0n) is 20.4. The first kappa shape index (κ1) is 24.8. The van der Waals surface area contributed by atoms with Crippen molar-refractivity contribution in [3.05, 3.63) is 65.7 Å². The van der Waals surface area contributed by atoms with Crippen LogP contribution in [0.3, 0.4) is 0 Å². The van der Waals surface area contributed by atoms with Gasteiger partial charge in [-0.05, 0) is 43.2 Å². The van der Waals surface area contributed by atoms with E-state index in [2.05, 4.69) is 9.97 Å². The van der Waals surface area contributed by atoms with E-state index in [0.29, 0.717) is 22.5 Å². The second kappa shape index (κ2) is 9.55. The number of aromatic nitrogens is 4. The fraction of sp³-hybridized carbons (Fsp3) is 0.280. The smallest absolute Gasteiger partial charge is 0.387 e. The average molecular weight is 527 g/mol. The lowest BCUT2D eigenvalue weighted by molar-refractivity contribution is -0.0505. The Balaban J connectivity index is 1.55. The van der Waals surface area contributed by atoms with Gasteiger partial charge in [0.2, 0.25) is 0 Å². The van der Waals surface area contributed by atoms with Crippen LogP contribution in [0.1, 0.15) is 21.7 Å². The number of carbonyl (C=O) groups excluding carboxylic acids is 1. The highest BCUT2D eigenvalue weighted by molar-refractivity contribution is 7.62. The van der Waals surface area contributed by atoms with Gasteiger partial charge in [0.05, 0.1) is 24.1 Å². The highest BCUT2D eigenvalue weighted by atomic mass is 31.2. The Bertz CT molecular complexity index is 1530. The molecule has 5 rings (SSSR count). The number of alkyl halides is 2. The molecule has 2 aromatic carbocycles. The van der Waals surface area contributed by atoms with Crippen molar-refractivity contribution in [2.45, 2.75) is 19.7 Å². The third-order valence-electron chi connectivity index (χ3n) is 5.91. The van der Waals surface area contributed by atoms with Gasteiger partial charge in [-0.25, -0.2) is 15.0 Å². The maximum absolute atomic E-state index is 13.1. The molecule has 12 heteroatoms. The van der Waals surface area contributed by atoms with Gasteiger partial charge >= 0.3 is 12.6 Å². The molecule has 0 N–H and O–H groups in total. The molecule has 37 heavy (non-hydrogen) atoms. The number of benzene rings is 2. The largest absolute Gasteiger partial charge is 0.456 e. The topological polar surface area (TPSA) is 99.4 Å². The second-order valence-corrected chi connectivity index (χ2v) is 12.6. The van der Waals surface area contributed by atoms with Gasteiger partial charge < -0.3 is 23.5 Å². The predicted molar refractivity (Wildman–Crippen MR) is 134 cm³/mol. The maximum Gasteiger partial charge on any atom is 0.387 e. The number of imidazole rings is 1. The monoisotopic (exact) mass is 527 g/mol. The lowest BCUT2D eigenvalue weighted by Gasteiger charge is -2.25. The maximum atomic E-state index is 13.1. The fourth-order valence-electron chi connectivity index (χ4n) is 4.19. The Morgan fingerprint density at radius 3 is 2.54 bits per heavy atom. The number of carbonyl (C=O) groups is 1. The molecule has 0 fully saturated rings. The lowest BCUT2D eigenvalue weighted by Crippen LogP contribution is -2.31. The van der Waals surface area contributed by atoms with Gasteiger partial charge in [-0.15, -0.1) is 0 Å². The minimum atomic E-state index is -3.02. The molecule has 4 aromatic rings. The van der Waals surface area contributed by atoms with Crippen LogP contribution in [0.5, 0.6) is 11.8 Å². The molecule has 0 radical (unpaired) electrons. The van der Waals surface area contributed by atoms with E-state index >= 15 is 0 Å². The van der Waals surface area contributed by atoms with E-state index in [1.54, 1.807) is 38.8 Å². The van der Waals surface area contributed by atoms with Crippen LogP contribution in [-0.4, -0.2) is 63.7 Å². The van der Waals surface area contributed by atoms with Crippen LogP contribution >= 0.6 is 7.14 Å². The van der Waals surface area contributed by atoms with Crippen molar-refractivity contribution < 1.29 is 27.6 Å². The average Bonchev–Trinajstić information content (AvgIpc) is 3.17. The zero-order valence-corrected chi connectivity index (χ0v) is 21.3. The molecular formula is C25H24F2N5O4P. The minimum absolute atomic E-state index is 0.0483. The third kappa shape index (κ3) is 5.17. The van der Waals surface area contributed by atoms with E-state index in [0.717, 1.165) is 16.6 Å². The summed E-state index contributed by atoms with van der Waals surface area (Å²) in [5.41, 5.74) is 3.64. The van der Waals surface area contributed by atoms with E-state index in [4.69, 9.17) is 14.5 Å². The summed E-state index contributed by atoms with van der Waals surface area (Å²) >= 11 is 0. The third-order valence-corrected chi connectivity index (χ3v) is 6.67. The summed E-state index contributed by atoms with van der Waals surface area (Å²) in [5, 5.41) is 0. The van der Waals surface area contributed by atoms with Crippen LogP contribution in [0.15, 0.2) is 48.8 Å². The second-order valence-electron chi connectivity index (χ2n) is 9.24. The van der Waals surface area contributed by atoms with Crippen molar-refractivity contribution >= 4 is 24.1 Å². The SMILES string of the molecule is CN1Cc2nc3ccc(-c4cnc(OCP(C)(C)=O)nc4)cc3n2Cc2c(OC(F)F)cccc2C1=O. The summed E-state index contributed by atoms with van der Waals surface area (Å²) in [6, 6.07) is 10.3. The predicted octanol–water partition coefficient (Wildman–Crippen LogP) is 4.69. The first-order valence-corrected chi connectivity index (χ1v) is 14.2. The molecule has 9 nitrogen and oxygen atoms in total. The van der Waals surface area contributed by atoms with Crippen LogP contribution in [0.25, 0.3) is 22.2 Å². The van der Waals surface area contributed by atoms with E-state index in [-0.39, 0.29) is 37.1 Å². The Morgan fingerprint density at radius 1 is 1.08 bits per heavy atom. The zero-order chi connectivity index (χ0) is 26.3. The molecule has 0 aliphatic carbocycles. The quantitative estimate of drug-likeness (QED) is 0.336. The highest BCUT2D eigenvalue weighted by Gasteiger charge is 2.26. The van der Waals surface area contributed by atoms with Crippen molar-refractivity contribution in [2.24, 2.45) is 0 Å². The molecule has 192 valence electrons. The van der Waals surface area contributed by atoms with Crippen LogP contribution in [0.4, 0.5) is 8.78 Å². The number of amides is 1. The molecular weight excluding hydrogens is 503 g/mol. The molecule has 1 amide bonds. The van der Waals surface area contributed by atoms with Crippen LogP contribution in [0, 0.1) is 0 Å². The molecule has 0 unspecified atom stereocenters. The van der Waals surface area contributed by atoms with Crippen molar-refractivity contribution in [1.29, 1.82) is 0 Å². The molecule has 1 aliphatic heterocycles. The summed E-state index contributed by atoms with van der Waals surface area (Å²) in [4.78, 5) is 27.7. The normalized spacial score (nSPS) is 13.8. The van der Waals surface area contributed by atoms with Gasteiger partial charge in [-0.2, -0.15) is 8.78 Å². The van der Waals surface area contributed by atoms with Crippen molar-refractivity contribution in [2.75, 3.05) is 26.7 Å². The summed E-state index contributed by atoms with van der Waals surface area (Å²) in [6.45, 7) is 0.605. The lowest BCUT2D eigenvalue weighted by atomic mass is 10.0. The van der Waals surface area contributed by atoms with E-state index < -0.39 is 13.8 Å². The highest BCUT2D eigenvalue weighted by Crippen LogP contribution is 2.35. The fourth-order valence-corrected chi connectivity index (χ4v) is 4.61. The summed E-state index contributed by atoms with van der Waals surface area (Å²) in [5.74, 6) is 0.271. The minimum Gasteiger partial charge on any atom is -0.456 e. The molecule has 1 aliphatic rings. The van der Waals surface area contributed by atoms with Crippen molar-refractivity contribution in [1.82, 2.24) is 24.4 Å². The van der Waals surface area contributed by atoms with Gasteiger partial charge in [-0.1, -0.05) is 12.1 Å². The molecule has 3 heterocycles. The molecule has 2 aromatic heterocycles. The molecule has 0 spiro atoms. The number of fused-ring (bicyclic) bond motifs is 4. The van der Waals surface area contributed by atoms with Gasteiger partial charge in [0.1, 0.15) is 25.1 Å². The molecule has 0 atom stereocenters. The Labute approximate surface area is 211 Å². The standard InChI is InChI=1S/C25H24F2N5O4P/c1-31-13-22-30-19-8-7-15(16-10-28-25(29-11-16)35-14-37(2,3)34)9-20(19)32(22)12-18-17(23(31)33)5-4-6-21(18)36-24(26)27/h4-11,24H,12-14H2,1-3H3. The molecule has 0 saturated heterocycles. The number of nitrogens with zero attached hydrogens (tertiary/aromatic N) is 5. The van der Waals surface area contributed by atoms with Crippen LogP contribution in [0.2, 0.25) is 0 Å². The Morgan fingerprint density at radius 2 is 1.84 bits per heavy atom. The number of hydrogen-bond donors (Lipinski definition) is 0. The van der Waals surface area contributed by atoms with Crippen LogP contribution < -0.4 is 9.47 Å². The first-order valence-electron chi connectivity index (χ1n) is 11.4. The first-order chi connectivity index (χ1) is 17.6. The van der Waals surface area contributed by atoms with Gasteiger partial charge in [0.15, 0.2) is 0 Å². The number of rotatable bonds is 6. The van der Waals surface area contributed by atoms with Crippen LogP contribution in [-0.2, 0) is 17.7 Å². The van der Waals surface area contributed by atoms with Gasteiger partial charge in [0, 0.05) is 36.1 Å². The summed E-state index contributed by atoms with van der Waals surface area (Å²) < 4.78 is 50.2. The van der Waals surface area contributed by atoms with E-state index in [1.165, 1.54) is 17.0 Å². The van der Waals surface area contributed by atoms with E-state index in [1.807, 2.05) is 22.8 Å². The number of halogens is 2. The molecule has 0 bridgehead atoms. The van der Waals surface area contributed by atoms with Crippen molar-refractivity contribution in [3.8, 4) is 22.9 Å². The van der Waals surface area contributed by atoms with Crippen molar-refractivity contribution in [3.63, 3.8) is 0 Å². The number of ether oxygens (including phenoxy) is 2. The van der Waals surface area contributed by atoms with Gasteiger partial charge in [-0.3, -0.25) is 4.79 Å². The Hall–Kier alpha value is -3.85. The van der Waals surface area contributed by atoms with E-state index in [9.17, 15) is 18.1 Å².